The summed E-state index contributed by atoms with van der Waals surface area (Å²) in [7, 11) is 3.05. The molecule has 2 N–H and O–H groups in total. The van der Waals surface area contributed by atoms with Crippen LogP contribution in [0.2, 0.25) is 0 Å². The van der Waals surface area contributed by atoms with Crippen LogP contribution in [0.5, 0.6) is 11.5 Å². The average molecular weight is 620 g/mol. The van der Waals surface area contributed by atoms with E-state index in [4.69, 9.17) is 9.47 Å². The third-order valence-corrected chi connectivity index (χ3v) is 7.16. The molecule has 1 amide bonds. The third kappa shape index (κ3) is 4.41. The fourth-order valence-corrected chi connectivity index (χ4v) is 6.57. The molecule has 0 bridgehead atoms. The lowest BCUT2D eigenvalue weighted by molar-refractivity contribution is 0.0699. The van der Waals surface area contributed by atoms with Crippen molar-refractivity contribution in [2.45, 2.75) is 0 Å². The number of aromatic carboxylic acids is 1. The summed E-state index contributed by atoms with van der Waals surface area (Å²) in [6.45, 7) is 0. The molecule has 1 aromatic heterocycles. The van der Waals surface area contributed by atoms with Crippen LogP contribution in [0.4, 0.5) is 5.69 Å². The Bertz CT molecular complexity index is 1130. The van der Waals surface area contributed by atoms with Crippen molar-refractivity contribution in [1.29, 1.82) is 0 Å². The maximum Gasteiger partial charge on any atom is 0.339 e. The van der Waals surface area contributed by atoms with Gasteiger partial charge in [0.25, 0.3) is 5.91 Å². The van der Waals surface area contributed by atoms with Gasteiger partial charge in [-0.2, -0.15) is 0 Å². The Kier molecular flexibility index (Phi) is 7.22. The number of methoxy groups -OCH3 is 2. The van der Waals surface area contributed by atoms with Crippen molar-refractivity contribution >= 4 is 76.7 Å². The van der Waals surface area contributed by atoms with Crippen LogP contribution < -0.4 is 14.8 Å². The van der Waals surface area contributed by atoms with Crippen LogP contribution in [-0.4, -0.2) is 31.2 Å². The average Bonchev–Trinajstić information content (AvgIpc) is 3.11. The maximum absolute atomic E-state index is 13.0. The Morgan fingerprint density at radius 1 is 1.00 bits per heavy atom. The molecule has 0 radical (unpaired) electrons. The number of nitrogens with one attached hydrogen (secondary N) is 1. The quantitative estimate of drug-likeness (QED) is 0.322. The van der Waals surface area contributed by atoms with Crippen molar-refractivity contribution in [3.63, 3.8) is 0 Å². The third-order valence-electron chi connectivity index (χ3n) is 4.16. The molecule has 0 unspecified atom stereocenters. The first-order valence-electron chi connectivity index (χ1n) is 8.30. The lowest BCUT2D eigenvalue weighted by Gasteiger charge is -2.13. The van der Waals surface area contributed by atoms with Crippen molar-refractivity contribution in [2.75, 3.05) is 19.5 Å². The number of anilines is 1. The number of benzene rings is 2. The number of rotatable bonds is 6. The van der Waals surface area contributed by atoms with E-state index >= 15 is 0 Å². The van der Waals surface area contributed by atoms with Crippen LogP contribution in [0.25, 0.3) is 10.4 Å². The van der Waals surface area contributed by atoms with Gasteiger partial charge in [-0.1, -0.05) is 0 Å². The molecule has 3 rings (SSSR count). The lowest BCUT2D eigenvalue weighted by Crippen LogP contribution is -2.15. The Balaban J connectivity index is 2.01. The zero-order chi connectivity index (χ0) is 22.0. The number of carboxylic acids is 1. The SMILES string of the molecule is COc1ccc(-c2scc(NC(=O)c3c(Br)cc(Br)c(OC)c3Br)c2C(=O)O)cc1. The van der Waals surface area contributed by atoms with Gasteiger partial charge >= 0.3 is 5.97 Å². The number of thiophene rings is 1. The van der Waals surface area contributed by atoms with Gasteiger partial charge in [0.05, 0.1) is 39.3 Å². The van der Waals surface area contributed by atoms with Crippen LogP contribution in [-0.2, 0) is 0 Å². The molecular formula is C20H14Br3NO5S. The predicted molar refractivity (Wildman–Crippen MR) is 127 cm³/mol. The van der Waals surface area contributed by atoms with Crippen LogP contribution in [0.1, 0.15) is 20.7 Å². The van der Waals surface area contributed by atoms with E-state index < -0.39 is 11.9 Å². The topological polar surface area (TPSA) is 84.9 Å². The van der Waals surface area contributed by atoms with Gasteiger partial charge in [0, 0.05) is 9.85 Å². The van der Waals surface area contributed by atoms with Gasteiger partial charge in [-0.05, 0) is 83.7 Å². The molecule has 0 fully saturated rings. The molecule has 0 aliphatic rings. The lowest BCUT2D eigenvalue weighted by atomic mass is 10.1. The second-order valence-corrected chi connectivity index (χ2v) is 9.29. The highest BCUT2D eigenvalue weighted by molar-refractivity contribution is 9.11. The second-order valence-electron chi connectivity index (χ2n) is 5.90. The van der Waals surface area contributed by atoms with E-state index in [1.807, 2.05) is 0 Å². The zero-order valence-corrected chi connectivity index (χ0v) is 21.2. The number of carbonyl (C=O) groups is 2. The van der Waals surface area contributed by atoms with E-state index in [0.717, 1.165) is 0 Å². The summed E-state index contributed by atoms with van der Waals surface area (Å²) < 4.78 is 12.1. The van der Waals surface area contributed by atoms with Gasteiger partial charge < -0.3 is 19.9 Å². The van der Waals surface area contributed by atoms with Crippen LogP contribution >= 0.6 is 59.1 Å². The molecule has 2 aromatic carbocycles. The molecule has 0 saturated heterocycles. The summed E-state index contributed by atoms with van der Waals surface area (Å²) in [6.07, 6.45) is 0. The van der Waals surface area contributed by atoms with E-state index in [-0.39, 0.29) is 16.8 Å². The molecule has 30 heavy (non-hydrogen) atoms. The fourth-order valence-electron chi connectivity index (χ4n) is 2.77. The Hall–Kier alpha value is -1.88. The van der Waals surface area contributed by atoms with Gasteiger partial charge in [0.1, 0.15) is 17.1 Å². The highest BCUT2D eigenvalue weighted by atomic mass is 79.9. The highest BCUT2D eigenvalue weighted by Gasteiger charge is 2.25. The molecular weight excluding hydrogens is 606 g/mol. The first-order chi connectivity index (χ1) is 14.3. The number of carbonyl (C=O) groups excluding carboxylic acids is 1. The Morgan fingerprint density at radius 3 is 2.23 bits per heavy atom. The highest BCUT2D eigenvalue weighted by Crippen LogP contribution is 2.41. The number of hydrogen-bond acceptors (Lipinski definition) is 5. The summed E-state index contributed by atoms with van der Waals surface area (Å²) in [4.78, 5) is 25.5. The van der Waals surface area contributed by atoms with Gasteiger partial charge in [0.2, 0.25) is 0 Å². The predicted octanol–water partition coefficient (Wildman–Crippen LogP) is 6.67. The van der Waals surface area contributed by atoms with E-state index in [0.29, 0.717) is 35.4 Å². The molecule has 0 saturated carbocycles. The Labute approximate surface area is 201 Å². The normalized spacial score (nSPS) is 10.6. The van der Waals surface area contributed by atoms with Gasteiger partial charge in [-0.25, -0.2) is 4.79 Å². The number of carboxylic acid groups (broad SMARTS) is 1. The molecule has 0 aliphatic carbocycles. The van der Waals surface area contributed by atoms with Crippen molar-refractivity contribution in [3.8, 4) is 21.9 Å². The van der Waals surface area contributed by atoms with Gasteiger partial charge in [0.15, 0.2) is 0 Å². The van der Waals surface area contributed by atoms with Crippen molar-refractivity contribution in [3.05, 3.63) is 60.3 Å². The standard InChI is InChI=1S/C20H14Br3NO5S/c1-28-10-5-3-9(4-6-10)18-15(20(26)27)13(8-30-18)24-19(25)14-11(21)7-12(22)17(29-2)16(14)23/h3-8H,1-2H3,(H,24,25)(H,26,27). The van der Waals surface area contributed by atoms with E-state index in [9.17, 15) is 14.7 Å². The van der Waals surface area contributed by atoms with Gasteiger partial charge in [-0.15, -0.1) is 11.3 Å². The van der Waals surface area contributed by atoms with Gasteiger partial charge in [-0.3, -0.25) is 4.79 Å². The summed E-state index contributed by atoms with van der Waals surface area (Å²) in [5, 5.41) is 14.1. The fraction of sp³-hybridized carbons (Fsp3) is 0.100. The minimum atomic E-state index is -1.14. The monoisotopic (exact) mass is 617 g/mol. The van der Waals surface area contributed by atoms with Crippen LogP contribution in [0, 0.1) is 0 Å². The largest absolute Gasteiger partial charge is 0.497 e. The van der Waals surface area contributed by atoms with Crippen molar-refractivity contribution < 1.29 is 24.2 Å². The molecule has 3 aromatic rings. The van der Waals surface area contributed by atoms with Crippen LogP contribution in [0.3, 0.4) is 0 Å². The zero-order valence-electron chi connectivity index (χ0n) is 15.6. The summed E-state index contributed by atoms with van der Waals surface area (Å²) in [5.74, 6) is -0.504. The molecule has 0 atom stereocenters. The van der Waals surface area contributed by atoms with E-state index in [2.05, 4.69) is 53.1 Å². The minimum absolute atomic E-state index is 0.0230. The summed E-state index contributed by atoms with van der Waals surface area (Å²) >= 11 is 11.4. The number of ether oxygens (including phenoxy) is 2. The Morgan fingerprint density at radius 2 is 1.67 bits per heavy atom. The number of amides is 1. The minimum Gasteiger partial charge on any atom is -0.497 e. The maximum atomic E-state index is 13.0. The van der Waals surface area contributed by atoms with Crippen molar-refractivity contribution in [2.24, 2.45) is 0 Å². The first kappa shape index (κ1) is 22.8. The second kappa shape index (κ2) is 9.51. The molecule has 0 aliphatic heterocycles. The molecule has 6 nitrogen and oxygen atoms in total. The first-order valence-corrected chi connectivity index (χ1v) is 11.6. The number of halogens is 3. The molecule has 10 heteroatoms. The summed E-state index contributed by atoms with van der Waals surface area (Å²) in [5.41, 5.74) is 1.23. The van der Waals surface area contributed by atoms with Crippen molar-refractivity contribution in [1.82, 2.24) is 0 Å². The smallest absolute Gasteiger partial charge is 0.339 e. The molecule has 0 spiro atoms. The molecule has 156 valence electrons. The van der Waals surface area contributed by atoms with Crippen LogP contribution in [0.15, 0.2) is 49.1 Å². The van der Waals surface area contributed by atoms with E-state index in [1.54, 1.807) is 42.8 Å². The number of hydrogen-bond donors (Lipinski definition) is 2. The van der Waals surface area contributed by atoms with E-state index in [1.165, 1.54) is 18.4 Å². The molecule has 1 heterocycles. The summed E-state index contributed by atoms with van der Waals surface area (Å²) in [6, 6.07) is 8.74.